The van der Waals surface area contributed by atoms with E-state index in [1.54, 1.807) is 17.0 Å². The van der Waals surface area contributed by atoms with Crippen LogP contribution in [0.4, 0.5) is 4.39 Å². The lowest BCUT2D eigenvalue weighted by Crippen LogP contribution is -2.42. The van der Waals surface area contributed by atoms with Gasteiger partial charge in [0, 0.05) is 13.1 Å². The summed E-state index contributed by atoms with van der Waals surface area (Å²) in [6.07, 6.45) is 0.665. The van der Waals surface area contributed by atoms with Crippen LogP contribution in [0.2, 0.25) is 5.02 Å². The summed E-state index contributed by atoms with van der Waals surface area (Å²) in [6.45, 7) is 0.596. The van der Waals surface area contributed by atoms with Crippen LogP contribution in [0.25, 0.3) is 0 Å². The van der Waals surface area contributed by atoms with Gasteiger partial charge in [0.15, 0.2) is 9.84 Å². The van der Waals surface area contributed by atoms with Crippen molar-refractivity contribution >= 4 is 27.3 Å². The van der Waals surface area contributed by atoms with E-state index in [2.05, 4.69) is 0 Å². The number of benzene rings is 2. The molecule has 0 saturated carbocycles. The zero-order chi connectivity index (χ0) is 19.6. The minimum Gasteiger partial charge on any atom is -0.497 e. The summed E-state index contributed by atoms with van der Waals surface area (Å²) < 4.78 is 43.8. The van der Waals surface area contributed by atoms with Crippen LogP contribution in [0.5, 0.6) is 5.75 Å². The molecule has 2 aromatic carbocycles. The number of sulfone groups is 1. The minimum atomic E-state index is -3.48. The molecule has 8 heteroatoms. The molecule has 0 aromatic heterocycles. The molecule has 1 fully saturated rings. The van der Waals surface area contributed by atoms with Crippen molar-refractivity contribution < 1.29 is 22.3 Å². The summed E-state index contributed by atoms with van der Waals surface area (Å²) in [6, 6.07) is 9.91. The molecule has 0 spiro atoms. The lowest BCUT2D eigenvalue weighted by molar-refractivity contribution is 0.0726. The molecule has 0 aliphatic carbocycles. The van der Waals surface area contributed by atoms with Crippen molar-refractivity contribution in [1.29, 1.82) is 0 Å². The predicted molar refractivity (Wildman–Crippen MR) is 101 cm³/mol. The molecule has 2 aromatic rings. The van der Waals surface area contributed by atoms with E-state index in [9.17, 15) is 17.6 Å². The summed E-state index contributed by atoms with van der Waals surface area (Å²) in [5.74, 6) is -0.244. The molecule has 3 rings (SSSR count). The average molecular weight is 412 g/mol. The maximum atomic E-state index is 13.2. The first-order chi connectivity index (χ1) is 12.8. The standard InChI is InChI=1S/C19H19ClFNO4S/c1-26-14-3-5-15(6-4-14)27(24,25)16-8-10-22(11-9-16)19(23)17-7-2-13(21)12-18(17)20/h2-7,12,16H,8-11H2,1H3. The van der Waals surface area contributed by atoms with Gasteiger partial charge in [0.25, 0.3) is 5.91 Å². The van der Waals surface area contributed by atoms with Crippen molar-refractivity contribution in [3.63, 3.8) is 0 Å². The van der Waals surface area contributed by atoms with Gasteiger partial charge in [0.1, 0.15) is 11.6 Å². The molecule has 5 nitrogen and oxygen atoms in total. The molecule has 1 aliphatic heterocycles. The van der Waals surface area contributed by atoms with Crippen LogP contribution >= 0.6 is 11.6 Å². The molecule has 0 atom stereocenters. The lowest BCUT2D eigenvalue weighted by atomic mass is 10.1. The smallest absolute Gasteiger partial charge is 0.255 e. The topological polar surface area (TPSA) is 63.7 Å². The number of halogens is 2. The third-order valence-electron chi connectivity index (χ3n) is 4.72. The van der Waals surface area contributed by atoms with Gasteiger partial charge in [-0.05, 0) is 55.3 Å². The van der Waals surface area contributed by atoms with E-state index in [0.29, 0.717) is 31.7 Å². The van der Waals surface area contributed by atoms with E-state index < -0.39 is 20.9 Å². The van der Waals surface area contributed by atoms with Crippen molar-refractivity contribution in [2.24, 2.45) is 0 Å². The van der Waals surface area contributed by atoms with Gasteiger partial charge >= 0.3 is 0 Å². The van der Waals surface area contributed by atoms with E-state index in [4.69, 9.17) is 16.3 Å². The van der Waals surface area contributed by atoms with E-state index in [1.807, 2.05) is 0 Å². The highest BCUT2D eigenvalue weighted by molar-refractivity contribution is 7.92. The first-order valence-corrected chi connectivity index (χ1v) is 10.4. The first kappa shape index (κ1) is 19.6. The van der Waals surface area contributed by atoms with E-state index in [0.717, 1.165) is 6.07 Å². The molecule has 0 bridgehead atoms. The van der Waals surface area contributed by atoms with Crippen LogP contribution < -0.4 is 4.74 Å². The Labute approximate surface area is 162 Å². The molecule has 1 aliphatic rings. The van der Waals surface area contributed by atoms with Gasteiger partial charge in [-0.1, -0.05) is 11.6 Å². The third kappa shape index (κ3) is 4.09. The Bertz CT molecular complexity index is 939. The van der Waals surface area contributed by atoms with Crippen LogP contribution in [-0.2, 0) is 9.84 Å². The van der Waals surface area contributed by atoms with Crippen molar-refractivity contribution in [2.45, 2.75) is 23.0 Å². The van der Waals surface area contributed by atoms with Crippen molar-refractivity contribution in [1.82, 2.24) is 4.90 Å². The van der Waals surface area contributed by atoms with E-state index in [-0.39, 0.29) is 21.4 Å². The molecule has 1 saturated heterocycles. The lowest BCUT2D eigenvalue weighted by Gasteiger charge is -2.32. The number of rotatable bonds is 4. The number of ether oxygens (including phenoxy) is 1. The van der Waals surface area contributed by atoms with Crippen molar-refractivity contribution in [3.8, 4) is 5.75 Å². The highest BCUT2D eigenvalue weighted by Crippen LogP contribution is 2.27. The summed E-state index contributed by atoms with van der Waals surface area (Å²) in [5.41, 5.74) is 0.217. The second-order valence-electron chi connectivity index (χ2n) is 6.34. The number of hydrogen-bond acceptors (Lipinski definition) is 4. The molecule has 0 N–H and O–H groups in total. The van der Waals surface area contributed by atoms with Gasteiger partial charge < -0.3 is 9.64 Å². The average Bonchev–Trinajstić information content (AvgIpc) is 2.67. The molecule has 1 amide bonds. The van der Waals surface area contributed by atoms with Gasteiger partial charge in [-0.15, -0.1) is 0 Å². The fourth-order valence-corrected chi connectivity index (χ4v) is 5.14. The Morgan fingerprint density at radius 2 is 1.78 bits per heavy atom. The third-order valence-corrected chi connectivity index (χ3v) is 7.31. The minimum absolute atomic E-state index is 0.0491. The van der Waals surface area contributed by atoms with Crippen LogP contribution in [0.3, 0.4) is 0 Å². The number of methoxy groups -OCH3 is 1. The van der Waals surface area contributed by atoms with Crippen molar-refractivity contribution in [2.75, 3.05) is 20.2 Å². The summed E-state index contributed by atoms with van der Waals surface area (Å²) in [4.78, 5) is 14.4. The van der Waals surface area contributed by atoms with Crippen LogP contribution in [0, 0.1) is 5.82 Å². The second kappa shape index (κ2) is 7.86. The number of carbonyl (C=O) groups is 1. The normalized spacial score (nSPS) is 15.6. The predicted octanol–water partition coefficient (Wildman–Crippen LogP) is 3.57. The SMILES string of the molecule is COc1ccc(S(=O)(=O)C2CCN(C(=O)c3ccc(F)cc3Cl)CC2)cc1. The zero-order valence-corrected chi connectivity index (χ0v) is 16.3. The number of amides is 1. The summed E-state index contributed by atoms with van der Waals surface area (Å²) in [5, 5.41) is -0.508. The molecular formula is C19H19ClFNO4S. The number of likely N-dealkylation sites (tertiary alicyclic amines) is 1. The zero-order valence-electron chi connectivity index (χ0n) is 14.7. The summed E-state index contributed by atoms with van der Waals surface area (Å²) >= 11 is 5.96. The van der Waals surface area contributed by atoms with Crippen LogP contribution in [0.1, 0.15) is 23.2 Å². The fourth-order valence-electron chi connectivity index (χ4n) is 3.16. The van der Waals surface area contributed by atoms with E-state index >= 15 is 0 Å². The molecule has 0 radical (unpaired) electrons. The van der Waals surface area contributed by atoms with Gasteiger partial charge in [-0.3, -0.25) is 4.79 Å². The Morgan fingerprint density at radius 1 is 1.15 bits per heavy atom. The van der Waals surface area contributed by atoms with E-state index in [1.165, 1.54) is 31.4 Å². The van der Waals surface area contributed by atoms with Gasteiger partial charge in [0.05, 0.1) is 27.8 Å². The number of hydrogen-bond donors (Lipinski definition) is 0. The fraction of sp³-hybridized carbons (Fsp3) is 0.316. The second-order valence-corrected chi connectivity index (χ2v) is 8.97. The molecule has 0 unspecified atom stereocenters. The quantitative estimate of drug-likeness (QED) is 0.771. The monoisotopic (exact) mass is 411 g/mol. The Kier molecular flexibility index (Phi) is 5.72. The molecule has 144 valence electrons. The highest BCUT2D eigenvalue weighted by atomic mass is 35.5. The Hall–Kier alpha value is -2.12. The summed E-state index contributed by atoms with van der Waals surface area (Å²) in [7, 11) is -1.97. The van der Waals surface area contributed by atoms with Crippen LogP contribution in [-0.4, -0.2) is 44.7 Å². The first-order valence-electron chi connectivity index (χ1n) is 8.45. The largest absolute Gasteiger partial charge is 0.497 e. The highest BCUT2D eigenvalue weighted by Gasteiger charge is 2.33. The Morgan fingerprint density at radius 3 is 2.33 bits per heavy atom. The number of carbonyl (C=O) groups excluding carboxylic acids is 1. The Balaban J connectivity index is 1.69. The van der Waals surface area contributed by atoms with Gasteiger partial charge in [-0.25, -0.2) is 12.8 Å². The number of nitrogens with zero attached hydrogens (tertiary/aromatic N) is 1. The van der Waals surface area contributed by atoms with Gasteiger partial charge in [0.2, 0.25) is 0 Å². The van der Waals surface area contributed by atoms with Crippen LogP contribution in [0.15, 0.2) is 47.4 Å². The molecule has 27 heavy (non-hydrogen) atoms. The van der Waals surface area contributed by atoms with Crippen molar-refractivity contribution in [3.05, 3.63) is 58.9 Å². The number of piperidine rings is 1. The molecular weight excluding hydrogens is 393 g/mol. The maximum Gasteiger partial charge on any atom is 0.255 e. The molecule has 1 heterocycles. The van der Waals surface area contributed by atoms with Gasteiger partial charge in [-0.2, -0.15) is 0 Å². The maximum absolute atomic E-state index is 13.2.